The number of carbonyl (C=O) groups excluding carboxylic acids is 1. The first kappa shape index (κ1) is 31.6. The van der Waals surface area contributed by atoms with E-state index in [1.54, 1.807) is 10.9 Å². The average molecular weight is 557 g/mol. The summed E-state index contributed by atoms with van der Waals surface area (Å²) in [6.45, 7) is 13.1. The molecule has 38 heavy (non-hydrogen) atoms. The first-order valence-electron chi connectivity index (χ1n) is 12.5. The first-order valence-corrected chi connectivity index (χ1v) is 13.6. The van der Waals surface area contributed by atoms with E-state index in [0.29, 0.717) is 48.0 Å². The highest BCUT2D eigenvalue weighted by molar-refractivity contribution is 7.44. The molecule has 0 bridgehead atoms. The highest BCUT2D eigenvalue weighted by atomic mass is 31.2. The second kappa shape index (κ2) is 15.1. The van der Waals surface area contributed by atoms with Gasteiger partial charge in [0.15, 0.2) is 16.9 Å². The van der Waals surface area contributed by atoms with Crippen LogP contribution in [0.4, 0.5) is 5.95 Å². The van der Waals surface area contributed by atoms with Crippen LogP contribution in [0.1, 0.15) is 60.6 Å². The van der Waals surface area contributed by atoms with Crippen molar-refractivity contribution < 1.29 is 32.8 Å². The van der Waals surface area contributed by atoms with Gasteiger partial charge in [-0.05, 0) is 19.8 Å². The lowest BCUT2D eigenvalue weighted by Crippen LogP contribution is -2.24. The van der Waals surface area contributed by atoms with E-state index < -0.39 is 14.8 Å². The lowest BCUT2D eigenvalue weighted by molar-refractivity contribution is -0.126. The fraction of sp³-hybridized carbons (Fsp3) is 0.667. The molecule has 2 rings (SSSR count). The van der Waals surface area contributed by atoms with Gasteiger partial charge in [0.25, 0.3) is 15.0 Å². The van der Waals surface area contributed by atoms with Crippen LogP contribution in [0.2, 0.25) is 0 Å². The van der Waals surface area contributed by atoms with Crippen molar-refractivity contribution in [3.05, 3.63) is 17.8 Å². The zero-order valence-corrected chi connectivity index (χ0v) is 24.4. The number of ether oxygens (including phenoxy) is 4. The molecular weight excluding hydrogens is 515 g/mol. The van der Waals surface area contributed by atoms with Crippen LogP contribution in [0.5, 0.6) is 5.88 Å². The van der Waals surface area contributed by atoms with Crippen LogP contribution in [0.15, 0.2) is 17.8 Å². The van der Waals surface area contributed by atoms with E-state index >= 15 is 0 Å². The van der Waals surface area contributed by atoms with Gasteiger partial charge >= 0.3 is 0 Å². The van der Waals surface area contributed by atoms with Gasteiger partial charge in [0, 0.05) is 12.0 Å². The molecule has 0 aliphatic heterocycles. The van der Waals surface area contributed by atoms with Gasteiger partial charge in [0.1, 0.15) is 18.6 Å². The van der Waals surface area contributed by atoms with E-state index in [1.165, 1.54) is 14.2 Å². The summed E-state index contributed by atoms with van der Waals surface area (Å²) in [5, 5.41) is 3.26. The third-order valence-corrected chi connectivity index (χ3v) is 6.58. The second-order valence-electron chi connectivity index (χ2n) is 9.34. The number of nitrogen functional groups attached to an aromatic ring is 1. The number of imidazole rings is 1. The number of nitrogens with two attached hydrogens (primary N) is 1. The lowest BCUT2D eigenvalue weighted by Gasteiger charge is -2.26. The maximum Gasteiger partial charge on any atom is 0.298 e. The smallest absolute Gasteiger partial charge is 0.298 e. The molecule has 0 spiro atoms. The molecular formula is C24H41N6O7P. The zero-order valence-electron chi connectivity index (χ0n) is 23.5. The van der Waals surface area contributed by atoms with Gasteiger partial charge < -0.3 is 33.7 Å². The number of hydrogen-bond acceptors (Lipinski definition) is 12. The van der Waals surface area contributed by atoms with E-state index in [-0.39, 0.29) is 30.7 Å². The predicted molar refractivity (Wildman–Crippen MR) is 144 cm³/mol. The normalized spacial score (nSPS) is 15.1. The monoisotopic (exact) mass is 556 g/mol. The van der Waals surface area contributed by atoms with Crippen molar-refractivity contribution in [2.75, 3.05) is 39.7 Å². The number of fused-ring (bicyclic) bond motifs is 1. The quantitative estimate of drug-likeness (QED) is 0.164. The Morgan fingerprint density at radius 2 is 1.97 bits per heavy atom. The zero-order chi connectivity index (χ0) is 28.3. The Bertz CT molecular complexity index is 1060. The van der Waals surface area contributed by atoms with Crippen molar-refractivity contribution in [3.8, 4) is 5.88 Å². The molecule has 0 amide bonds. The summed E-state index contributed by atoms with van der Waals surface area (Å²) in [5.74, 6) is 1.20. The molecule has 3 unspecified atom stereocenters. The van der Waals surface area contributed by atoms with Crippen molar-refractivity contribution in [2.45, 2.75) is 66.7 Å². The molecule has 0 fully saturated rings. The minimum absolute atomic E-state index is 0.000358. The number of methoxy groups -OCH3 is 2. The molecule has 0 aliphatic carbocycles. The van der Waals surface area contributed by atoms with Crippen molar-refractivity contribution in [1.29, 1.82) is 0 Å². The summed E-state index contributed by atoms with van der Waals surface area (Å²) >= 11 is 0. The Balaban J connectivity index is 2.10. The third kappa shape index (κ3) is 8.74. The standard InChI is InChI=1S/C24H41N6O7P/c1-9-11-27-38(36-13-18(34-15-31)20(32-7)24(4,5)6)35-12-17(10-2)37-16(3)30-14-26-19-21(30)28-23(25)29-22(19)33-8/h14-17,27H,9-13H2,1-8H3,(H2,25,28,29)/b20-18-. The van der Waals surface area contributed by atoms with Crippen LogP contribution in [-0.4, -0.2) is 66.1 Å². The van der Waals surface area contributed by atoms with E-state index in [9.17, 15) is 4.79 Å². The minimum atomic E-state index is -1.51. The number of aromatic nitrogens is 4. The number of anilines is 1. The minimum Gasteiger partial charge on any atom is -0.497 e. The molecule has 13 nitrogen and oxygen atoms in total. The molecule has 0 aromatic carbocycles. The van der Waals surface area contributed by atoms with Gasteiger partial charge in [-0.3, -0.25) is 14.4 Å². The maximum atomic E-state index is 11.1. The topological polar surface area (TPSA) is 154 Å². The van der Waals surface area contributed by atoms with Crippen molar-refractivity contribution in [1.82, 2.24) is 24.6 Å². The van der Waals surface area contributed by atoms with Gasteiger partial charge in [0.05, 0.1) is 33.3 Å². The van der Waals surface area contributed by atoms with Gasteiger partial charge in [0.2, 0.25) is 11.8 Å². The number of allylic oxidation sites excluding steroid dienone is 1. The second-order valence-corrected chi connectivity index (χ2v) is 10.7. The molecule has 0 saturated heterocycles. The molecule has 0 aliphatic rings. The predicted octanol–water partition coefficient (Wildman–Crippen LogP) is 4.07. The Kier molecular flexibility index (Phi) is 12.6. The SMILES string of the molecule is CCCNP(OC/C(OC=O)=C(/OC)C(C)(C)C)OCC(CC)OC(C)n1cnc2c(OC)nc(N)nc21. The number of nitrogens with zero attached hydrogens (tertiary/aromatic N) is 4. The van der Waals surface area contributed by atoms with Gasteiger partial charge in [-0.1, -0.05) is 34.6 Å². The fourth-order valence-electron chi connectivity index (χ4n) is 3.56. The molecule has 0 saturated carbocycles. The average Bonchev–Trinajstić information content (AvgIpc) is 3.30. The van der Waals surface area contributed by atoms with E-state index in [2.05, 4.69) is 20.0 Å². The maximum absolute atomic E-state index is 11.1. The summed E-state index contributed by atoms with van der Waals surface area (Å²) in [5.41, 5.74) is 6.45. The van der Waals surface area contributed by atoms with E-state index in [1.807, 2.05) is 41.5 Å². The molecule has 214 valence electrons. The van der Waals surface area contributed by atoms with Crippen molar-refractivity contribution in [2.24, 2.45) is 5.41 Å². The van der Waals surface area contributed by atoms with Crippen LogP contribution >= 0.6 is 8.53 Å². The summed E-state index contributed by atoms with van der Waals surface area (Å²) in [4.78, 5) is 23.8. The molecule has 2 aromatic heterocycles. The highest BCUT2D eigenvalue weighted by Crippen LogP contribution is 2.37. The Morgan fingerprint density at radius 3 is 2.55 bits per heavy atom. The van der Waals surface area contributed by atoms with E-state index in [4.69, 9.17) is 33.7 Å². The van der Waals surface area contributed by atoms with Crippen LogP contribution in [0.3, 0.4) is 0 Å². The Labute approximate surface area is 225 Å². The summed E-state index contributed by atoms with van der Waals surface area (Å²) in [6, 6.07) is 0. The number of rotatable bonds is 17. The highest BCUT2D eigenvalue weighted by Gasteiger charge is 2.26. The van der Waals surface area contributed by atoms with Crippen LogP contribution in [0.25, 0.3) is 11.2 Å². The summed E-state index contributed by atoms with van der Waals surface area (Å²) in [7, 11) is 1.52. The van der Waals surface area contributed by atoms with Crippen LogP contribution < -0.4 is 15.6 Å². The summed E-state index contributed by atoms with van der Waals surface area (Å²) < 4.78 is 36.1. The molecule has 0 radical (unpaired) electrons. The molecule has 14 heteroatoms. The number of hydrogen-bond donors (Lipinski definition) is 2. The third-order valence-electron chi connectivity index (χ3n) is 5.35. The van der Waals surface area contributed by atoms with Gasteiger partial charge in [-0.25, -0.2) is 4.98 Å². The molecule has 2 heterocycles. The number of carbonyl (C=O) groups is 1. The van der Waals surface area contributed by atoms with E-state index in [0.717, 1.165) is 6.42 Å². The largest absolute Gasteiger partial charge is 0.497 e. The fourth-order valence-corrected chi connectivity index (χ4v) is 4.76. The molecule has 3 N–H and O–H groups in total. The number of nitrogens with one attached hydrogen (secondary N) is 1. The van der Waals surface area contributed by atoms with Gasteiger partial charge in [-0.15, -0.1) is 0 Å². The Hall–Kier alpha value is -2.57. The summed E-state index contributed by atoms with van der Waals surface area (Å²) in [6.07, 6.45) is 2.51. The Morgan fingerprint density at radius 1 is 1.24 bits per heavy atom. The first-order chi connectivity index (χ1) is 18.1. The molecule has 2 aromatic rings. The lowest BCUT2D eigenvalue weighted by atomic mass is 9.93. The van der Waals surface area contributed by atoms with Gasteiger partial charge in [-0.2, -0.15) is 9.97 Å². The molecule has 3 atom stereocenters. The van der Waals surface area contributed by atoms with Crippen LogP contribution in [0, 0.1) is 5.41 Å². The van der Waals surface area contributed by atoms with Crippen LogP contribution in [-0.2, 0) is 28.1 Å². The van der Waals surface area contributed by atoms with Crippen molar-refractivity contribution >= 4 is 32.1 Å². The van der Waals surface area contributed by atoms with Crippen molar-refractivity contribution in [3.63, 3.8) is 0 Å².